The summed E-state index contributed by atoms with van der Waals surface area (Å²) in [5, 5.41) is 11.0. The maximum Gasteiger partial charge on any atom is 0.251 e. The molecule has 1 aromatic carbocycles. The van der Waals surface area contributed by atoms with Gasteiger partial charge in [0, 0.05) is 30.1 Å². The molecule has 2 fully saturated rings. The van der Waals surface area contributed by atoms with Crippen LogP contribution in [0.4, 0.5) is 0 Å². The van der Waals surface area contributed by atoms with Crippen molar-refractivity contribution in [1.82, 2.24) is 20.4 Å². The van der Waals surface area contributed by atoms with Crippen molar-refractivity contribution < 1.29 is 4.79 Å². The number of hydrogen-bond donors (Lipinski definition) is 2. The molecule has 1 atom stereocenters. The number of nitrogens with zero attached hydrogens (tertiary/aromatic N) is 2. The number of nitrogens with one attached hydrogen (secondary N) is 2. The SMILES string of the molecule is O=C(NCC1CCN(C2CC2)C1)c1ccc2cn[nH]c2c1. The molecule has 1 saturated carbocycles. The summed E-state index contributed by atoms with van der Waals surface area (Å²) in [6, 6.07) is 6.49. The van der Waals surface area contributed by atoms with E-state index in [-0.39, 0.29) is 5.91 Å². The maximum atomic E-state index is 12.2. The molecule has 5 heteroatoms. The molecule has 0 bridgehead atoms. The van der Waals surface area contributed by atoms with Crippen LogP contribution in [0.15, 0.2) is 24.4 Å². The van der Waals surface area contributed by atoms with Crippen molar-refractivity contribution >= 4 is 16.8 Å². The third kappa shape index (κ3) is 2.65. The molecule has 1 unspecified atom stereocenters. The first-order valence-corrected chi connectivity index (χ1v) is 7.75. The minimum absolute atomic E-state index is 0.0105. The average molecular weight is 284 g/mol. The topological polar surface area (TPSA) is 61.0 Å². The van der Waals surface area contributed by atoms with Gasteiger partial charge in [0.15, 0.2) is 0 Å². The molecule has 2 aliphatic rings. The number of amides is 1. The molecule has 2 heterocycles. The van der Waals surface area contributed by atoms with Crippen molar-refractivity contribution in [2.75, 3.05) is 19.6 Å². The Kier molecular flexibility index (Phi) is 3.15. The second-order valence-corrected chi connectivity index (χ2v) is 6.26. The van der Waals surface area contributed by atoms with Crippen molar-refractivity contribution in [2.45, 2.75) is 25.3 Å². The lowest BCUT2D eigenvalue weighted by Crippen LogP contribution is -2.31. The van der Waals surface area contributed by atoms with Crippen LogP contribution in [0.2, 0.25) is 0 Å². The monoisotopic (exact) mass is 284 g/mol. The van der Waals surface area contributed by atoms with E-state index in [0.29, 0.717) is 11.5 Å². The number of fused-ring (bicyclic) bond motifs is 1. The zero-order chi connectivity index (χ0) is 14.2. The lowest BCUT2D eigenvalue weighted by molar-refractivity contribution is 0.0947. The fourth-order valence-electron chi connectivity index (χ4n) is 3.22. The molecule has 110 valence electrons. The van der Waals surface area contributed by atoms with E-state index in [0.717, 1.165) is 30.0 Å². The molecular weight excluding hydrogens is 264 g/mol. The first-order valence-electron chi connectivity index (χ1n) is 7.75. The second-order valence-electron chi connectivity index (χ2n) is 6.26. The van der Waals surface area contributed by atoms with E-state index < -0.39 is 0 Å². The molecule has 1 amide bonds. The van der Waals surface area contributed by atoms with Gasteiger partial charge in [-0.15, -0.1) is 0 Å². The van der Waals surface area contributed by atoms with Crippen LogP contribution in [0.25, 0.3) is 10.9 Å². The first-order chi connectivity index (χ1) is 10.3. The third-order valence-corrected chi connectivity index (χ3v) is 4.64. The summed E-state index contributed by atoms with van der Waals surface area (Å²) in [7, 11) is 0. The fourth-order valence-corrected chi connectivity index (χ4v) is 3.22. The number of H-pyrrole nitrogens is 1. The minimum Gasteiger partial charge on any atom is -0.352 e. The van der Waals surface area contributed by atoms with Crippen LogP contribution in [0.1, 0.15) is 29.6 Å². The van der Waals surface area contributed by atoms with E-state index in [9.17, 15) is 4.79 Å². The van der Waals surface area contributed by atoms with E-state index >= 15 is 0 Å². The van der Waals surface area contributed by atoms with Crippen LogP contribution < -0.4 is 5.32 Å². The summed E-state index contributed by atoms with van der Waals surface area (Å²) in [6.45, 7) is 3.12. The van der Waals surface area contributed by atoms with Gasteiger partial charge in [-0.2, -0.15) is 5.10 Å². The highest BCUT2D eigenvalue weighted by molar-refractivity contribution is 5.97. The number of carbonyl (C=O) groups excluding carboxylic acids is 1. The minimum atomic E-state index is 0.0105. The summed E-state index contributed by atoms with van der Waals surface area (Å²) in [5.41, 5.74) is 1.60. The Labute approximate surface area is 123 Å². The van der Waals surface area contributed by atoms with Crippen LogP contribution in [0, 0.1) is 5.92 Å². The maximum absolute atomic E-state index is 12.2. The smallest absolute Gasteiger partial charge is 0.251 e. The molecule has 0 radical (unpaired) electrons. The molecular formula is C16H20N4O. The largest absolute Gasteiger partial charge is 0.352 e. The molecule has 1 saturated heterocycles. The standard InChI is InChI=1S/C16H20N4O/c21-16(12-1-2-13-9-18-19-15(13)7-12)17-8-11-5-6-20(10-11)14-3-4-14/h1-2,7,9,11,14H,3-6,8,10H2,(H,17,21)(H,18,19). The Hall–Kier alpha value is -1.88. The fraction of sp³-hybridized carbons (Fsp3) is 0.500. The number of likely N-dealkylation sites (tertiary alicyclic amines) is 1. The quantitative estimate of drug-likeness (QED) is 0.899. The molecule has 1 aliphatic carbocycles. The van der Waals surface area contributed by atoms with E-state index in [1.54, 1.807) is 6.20 Å². The number of aromatic amines is 1. The summed E-state index contributed by atoms with van der Waals surface area (Å²) in [4.78, 5) is 14.8. The van der Waals surface area contributed by atoms with Gasteiger partial charge >= 0.3 is 0 Å². The van der Waals surface area contributed by atoms with Crippen molar-refractivity contribution in [3.63, 3.8) is 0 Å². The van der Waals surface area contributed by atoms with Crippen molar-refractivity contribution in [3.05, 3.63) is 30.0 Å². The number of benzene rings is 1. The summed E-state index contributed by atoms with van der Waals surface area (Å²) in [6.07, 6.45) is 5.70. The Morgan fingerprint density at radius 3 is 3.14 bits per heavy atom. The van der Waals surface area contributed by atoms with Crippen molar-refractivity contribution in [2.24, 2.45) is 5.92 Å². The molecule has 0 spiro atoms. The number of carbonyl (C=O) groups is 1. The summed E-state index contributed by atoms with van der Waals surface area (Å²) < 4.78 is 0. The lowest BCUT2D eigenvalue weighted by Gasteiger charge is -2.15. The number of hydrogen-bond acceptors (Lipinski definition) is 3. The van der Waals surface area contributed by atoms with Crippen molar-refractivity contribution in [1.29, 1.82) is 0 Å². The summed E-state index contributed by atoms with van der Waals surface area (Å²) >= 11 is 0. The van der Waals surface area contributed by atoms with E-state index in [4.69, 9.17) is 0 Å². The predicted octanol–water partition coefficient (Wildman–Crippen LogP) is 1.78. The third-order valence-electron chi connectivity index (χ3n) is 4.64. The zero-order valence-electron chi connectivity index (χ0n) is 12.0. The van der Waals surface area contributed by atoms with Gasteiger partial charge in [0.05, 0.1) is 11.7 Å². The van der Waals surface area contributed by atoms with E-state index in [1.807, 2.05) is 18.2 Å². The van der Waals surface area contributed by atoms with Crippen molar-refractivity contribution in [3.8, 4) is 0 Å². The van der Waals surface area contributed by atoms with Crippen LogP contribution >= 0.6 is 0 Å². The molecule has 21 heavy (non-hydrogen) atoms. The molecule has 1 aliphatic heterocycles. The van der Waals surface area contributed by atoms with Gasteiger partial charge in [-0.25, -0.2) is 0 Å². The van der Waals surface area contributed by atoms with Crippen LogP contribution in [-0.4, -0.2) is 46.7 Å². The highest BCUT2D eigenvalue weighted by Crippen LogP contribution is 2.31. The van der Waals surface area contributed by atoms with Gasteiger partial charge in [-0.1, -0.05) is 6.07 Å². The van der Waals surface area contributed by atoms with Gasteiger partial charge in [0.2, 0.25) is 0 Å². The van der Waals surface area contributed by atoms with Crippen LogP contribution in [-0.2, 0) is 0 Å². The molecule has 4 rings (SSSR count). The molecule has 5 nitrogen and oxygen atoms in total. The zero-order valence-corrected chi connectivity index (χ0v) is 12.0. The Morgan fingerprint density at radius 2 is 2.29 bits per heavy atom. The summed E-state index contributed by atoms with van der Waals surface area (Å²) in [5.74, 6) is 0.613. The predicted molar refractivity (Wildman–Crippen MR) is 81.1 cm³/mol. The highest BCUT2D eigenvalue weighted by Gasteiger charge is 2.34. The first kappa shape index (κ1) is 12.8. The van der Waals surface area contributed by atoms with Gasteiger partial charge < -0.3 is 10.2 Å². The number of rotatable bonds is 4. The van der Waals surface area contributed by atoms with E-state index in [1.165, 1.54) is 25.8 Å². The van der Waals surface area contributed by atoms with Gasteiger partial charge in [-0.3, -0.25) is 9.89 Å². The molecule has 2 aromatic rings. The van der Waals surface area contributed by atoms with Crippen LogP contribution in [0.3, 0.4) is 0 Å². The number of aromatic nitrogens is 2. The molecule has 1 aromatic heterocycles. The Morgan fingerprint density at radius 1 is 1.38 bits per heavy atom. The van der Waals surface area contributed by atoms with Crippen LogP contribution in [0.5, 0.6) is 0 Å². The lowest BCUT2D eigenvalue weighted by atomic mass is 10.1. The Bertz CT molecular complexity index is 661. The Balaban J connectivity index is 1.34. The van der Waals surface area contributed by atoms with Gasteiger partial charge in [0.1, 0.15) is 0 Å². The van der Waals surface area contributed by atoms with E-state index in [2.05, 4.69) is 20.4 Å². The molecule has 2 N–H and O–H groups in total. The average Bonchev–Trinajstić information content (AvgIpc) is 3.07. The van der Waals surface area contributed by atoms with Gasteiger partial charge in [0.25, 0.3) is 5.91 Å². The van der Waals surface area contributed by atoms with Gasteiger partial charge in [-0.05, 0) is 43.9 Å². The highest BCUT2D eigenvalue weighted by atomic mass is 16.1. The second kappa shape index (κ2) is 5.15. The normalized spacial score (nSPS) is 22.8.